The molecule has 0 atom stereocenters. The van der Waals surface area contributed by atoms with Gasteiger partial charge in [0.1, 0.15) is 12.4 Å². The van der Waals surface area contributed by atoms with Gasteiger partial charge in [0.2, 0.25) is 0 Å². The van der Waals surface area contributed by atoms with Gasteiger partial charge < -0.3 is 15.4 Å². The van der Waals surface area contributed by atoms with Gasteiger partial charge in [-0.2, -0.15) is 0 Å². The molecule has 1 aromatic carbocycles. The van der Waals surface area contributed by atoms with Crippen molar-refractivity contribution in [2.24, 2.45) is 4.99 Å². The Morgan fingerprint density at radius 3 is 2.33 bits per heavy atom. The molecule has 0 bridgehead atoms. The summed E-state index contributed by atoms with van der Waals surface area (Å²) < 4.78 is 5.84. The van der Waals surface area contributed by atoms with Crippen LogP contribution in [0.5, 0.6) is 5.75 Å². The summed E-state index contributed by atoms with van der Waals surface area (Å²) in [5.41, 5.74) is 1.25. The van der Waals surface area contributed by atoms with Gasteiger partial charge in [-0.25, -0.2) is 4.99 Å². The van der Waals surface area contributed by atoms with Crippen molar-refractivity contribution < 1.29 is 4.74 Å². The molecule has 4 nitrogen and oxygen atoms in total. The first-order valence-corrected chi connectivity index (χ1v) is 7.42. The summed E-state index contributed by atoms with van der Waals surface area (Å²) in [4.78, 5) is 4.46. The van der Waals surface area contributed by atoms with Crippen molar-refractivity contribution in [3.63, 3.8) is 0 Å². The summed E-state index contributed by atoms with van der Waals surface area (Å²) in [7, 11) is 0. The molecule has 0 saturated heterocycles. The molecule has 0 fully saturated rings. The summed E-state index contributed by atoms with van der Waals surface area (Å²) in [6, 6.07) is 8.20. The first-order chi connectivity index (χ1) is 9.69. The number of para-hydroxylation sites is 1. The highest BCUT2D eigenvalue weighted by Crippen LogP contribution is 2.25. The van der Waals surface area contributed by atoms with Gasteiger partial charge >= 0.3 is 0 Å². The smallest absolute Gasteiger partial charge is 0.191 e. The average Bonchev–Trinajstić information content (AvgIpc) is 2.44. The van der Waals surface area contributed by atoms with Gasteiger partial charge in [-0.1, -0.05) is 32.0 Å². The van der Waals surface area contributed by atoms with E-state index in [1.165, 1.54) is 5.56 Å². The van der Waals surface area contributed by atoms with E-state index in [1.807, 2.05) is 12.1 Å². The summed E-state index contributed by atoms with van der Waals surface area (Å²) in [5.74, 6) is 2.27. The molecule has 1 aromatic rings. The van der Waals surface area contributed by atoms with Crippen molar-refractivity contribution in [2.45, 2.75) is 33.6 Å². The van der Waals surface area contributed by atoms with E-state index in [-0.39, 0.29) is 24.0 Å². The minimum atomic E-state index is 0. The fourth-order valence-electron chi connectivity index (χ4n) is 1.91. The zero-order valence-corrected chi connectivity index (χ0v) is 15.8. The number of guanidine groups is 1. The predicted octanol–water partition coefficient (Wildman–Crippen LogP) is 3.38. The number of hydrogen-bond acceptors (Lipinski definition) is 2. The molecular formula is C16H28IN3O. The maximum Gasteiger partial charge on any atom is 0.191 e. The maximum absolute atomic E-state index is 5.84. The van der Waals surface area contributed by atoms with Crippen LogP contribution < -0.4 is 15.4 Å². The van der Waals surface area contributed by atoms with Gasteiger partial charge in [0.05, 0.1) is 6.54 Å². The molecule has 0 heterocycles. The molecule has 0 amide bonds. The van der Waals surface area contributed by atoms with Gasteiger partial charge in [-0.15, -0.1) is 24.0 Å². The molecule has 21 heavy (non-hydrogen) atoms. The fourth-order valence-corrected chi connectivity index (χ4v) is 1.91. The van der Waals surface area contributed by atoms with E-state index < -0.39 is 0 Å². The van der Waals surface area contributed by atoms with Crippen molar-refractivity contribution >= 4 is 29.9 Å². The van der Waals surface area contributed by atoms with Crippen molar-refractivity contribution in [1.82, 2.24) is 10.6 Å². The highest BCUT2D eigenvalue weighted by molar-refractivity contribution is 14.0. The van der Waals surface area contributed by atoms with Gasteiger partial charge in [0.25, 0.3) is 0 Å². The predicted molar refractivity (Wildman–Crippen MR) is 101 cm³/mol. The maximum atomic E-state index is 5.84. The van der Waals surface area contributed by atoms with Crippen LogP contribution >= 0.6 is 24.0 Å². The van der Waals surface area contributed by atoms with Crippen LogP contribution in [-0.2, 0) is 0 Å². The molecule has 0 radical (unpaired) electrons. The Balaban J connectivity index is 0.00000400. The lowest BCUT2D eigenvalue weighted by Crippen LogP contribution is -2.37. The van der Waals surface area contributed by atoms with Crippen molar-refractivity contribution in [2.75, 3.05) is 26.2 Å². The second-order valence-electron chi connectivity index (χ2n) is 4.83. The summed E-state index contributed by atoms with van der Waals surface area (Å²) in [5, 5.41) is 6.39. The van der Waals surface area contributed by atoms with Crippen LogP contribution in [0.15, 0.2) is 29.3 Å². The number of benzene rings is 1. The average molecular weight is 405 g/mol. The van der Waals surface area contributed by atoms with Crippen LogP contribution in [0.1, 0.15) is 39.2 Å². The number of nitrogens with zero attached hydrogens (tertiary/aromatic N) is 1. The first kappa shape index (κ1) is 20.0. The Kier molecular flexibility index (Phi) is 11.1. The number of nitrogens with one attached hydrogen (secondary N) is 2. The third kappa shape index (κ3) is 7.55. The summed E-state index contributed by atoms with van der Waals surface area (Å²) >= 11 is 0. The topological polar surface area (TPSA) is 45.7 Å². The SMILES string of the molecule is CCNC(=NCCOc1ccccc1C(C)C)NCC.I. The summed E-state index contributed by atoms with van der Waals surface area (Å²) in [6.45, 7) is 11.4. The van der Waals surface area contributed by atoms with Crippen LogP contribution in [0, 0.1) is 0 Å². The third-order valence-electron chi connectivity index (χ3n) is 2.85. The molecular weight excluding hydrogens is 377 g/mol. The van der Waals surface area contributed by atoms with Crippen LogP contribution in [0.3, 0.4) is 0 Å². The number of aliphatic imine (C=N–C) groups is 1. The lowest BCUT2D eigenvalue weighted by atomic mass is 10.0. The molecule has 5 heteroatoms. The van der Waals surface area contributed by atoms with E-state index in [1.54, 1.807) is 0 Å². The lowest BCUT2D eigenvalue weighted by molar-refractivity contribution is 0.324. The highest BCUT2D eigenvalue weighted by Gasteiger charge is 2.06. The monoisotopic (exact) mass is 405 g/mol. The Hall–Kier alpha value is -0.980. The van der Waals surface area contributed by atoms with E-state index in [0.29, 0.717) is 19.1 Å². The zero-order chi connectivity index (χ0) is 14.8. The molecule has 120 valence electrons. The van der Waals surface area contributed by atoms with E-state index in [2.05, 4.69) is 55.5 Å². The molecule has 0 saturated carbocycles. The van der Waals surface area contributed by atoms with Crippen molar-refractivity contribution in [3.8, 4) is 5.75 Å². The van der Waals surface area contributed by atoms with E-state index in [0.717, 1.165) is 24.8 Å². The fraction of sp³-hybridized carbons (Fsp3) is 0.562. The van der Waals surface area contributed by atoms with Gasteiger partial charge in [-0.05, 0) is 31.4 Å². The molecule has 0 aliphatic rings. The van der Waals surface area contributed by atoms with Crippen LogP contribution in [-0.4, -0.2) is 32.2 Å². The van der Waals surface area contributed by atoms with Crippen LogP contribution in [0.2, 0.25) is 0 Å². The summed E-state index contributed by atoms with van der Waals surface area (Å²) in [6.07, 6.45) is 0. The Bertz CT molecular complexity index is 414. The molecule has 0 spiro atoms. The Labute approximate surface area is 145 Å². The second kappa shape index (κ2) is 11.7. The molecule has 0 unspecified atom stereocenters. The van der Waals surface area contributed by atoms with Gasteiger partial charge in [-0.3, -0.25) is 0 Å². The van der Waals surface area contributed by atoms with E-state index in [4.69, 9.17) is 4.74 Å². The molecule has 1 rings (SSSR count). The van der Waals surface area contributed by atoms with E-state index >= 15 is 0 Å². The number of ether oxygens (including phenoxy) is 1. The van der Waals surface area contributed by atoms with Gasteiger partial charge in [0, 0.05) is 13.1 Å². The molecule has 0 aromatic heterocycles. The largest absolute Gasteiger partial charge is 0.491 e. The lowest BCUT2D eigenvalue weighted by Gasteiger charge is -2.13. The minimum absolute atomic E-state index is 0. The van der Waals surface area contributed by atoms with Crippen molar-refractivity contribution in [1.29, 1.82) is 0 Å². The standard InChI is InChI=1S/C16H27N3O.HI/c1-5-17-16(18-6-2)19-11-12-20-15-10-8-7-9-14(15)13(3)4;/h7-10,13H,5-6,11-12H2,1-4H3,(H2,17,18,19);1H. The Morgan fingerprint density at radius 1 is 1.14 bits per heavy atom. The number of halogens is 1. The van der Waals surface area contributed by atoms with Crippen LogP contribution in [0.4, 0.5) is 0 Å². The number of hydrogen-bond donors (Lipinski definition) is 2. The quantitative estimate of drug-likeness (QED) is 0.317. The van der Waals surface area contributed by atoms with Gasteiger partial charge in [0.15, 0.2) is 5.96 Å². The second-order valence-corrected chi connectivity index (χ2v) is 4.83. The normalized spacial score (nSPS) is 9.76. The highest BCUT2D eigenvalue weighted by atomic mass is 127. The number of rotatable bonds is 7. The molecule has 2 N–H and O–H groups in total. The third-order valence-corrected chi connectivity index (χ3v) is 2.85. The zero-order valence-electron chi connectivity index (χ0n) is 13.5. The first-order valence-electron chi connectivity index (χ1n) is 7.42. The minimum Gasteiger partial charge on any atom is -0.491 e. The van der Waals surface area contributed by atoms with Crippen LogP contribution in [0.25, 0.3) is 0 Å². The molecule has 0 aliphatic heterocycles. The van der Waals surface area contributed by atoms with E-state index in [9.17, 15) is 0 Å². The molecule has 0 aliphatic carbocycles. The van der Waals surface area contributed by atoms with Crippen molar-refractivity contribution in [3.05, 3.63) is 29.8 Å². The Morgan fingerprint density at radius 2 is 1.76 bits per heavy atom.